The van der Waals surface area contributed by atoms with Gasteiger partial charge in [0.1, 0.15) is 6.54 Å². The summed E-state index contributed by atoms with van der Waals surface area (Å²) in [5.74, 6) is -1.82. The van der Waals surface area contributed by atoms with Crippen molar-refractivity contribution in [3.8, 4) is 0 Å². The van der Waals surface area contributed by atoms with Crippen molar-refractivity contribution in [1.29, 1.82) is 0 Å². The minimum atomic E-state index is -4.44. The lowest BCUT2D eigenvalue weighted by Gasteiger charge is -2.18. The van der Waals surface area contributed by atoms with Crippen molar-refractivity contribution in [2.24, 2.45) is 5.92 Å². The topological polar surface area (TPSA) is 49.4 Å². The van der Waals surface area contributed by atoms with Crippen LogP contribution in [0.1, 0.15) is 6.42 Å². The molecular weight excluding hydrogens is 273 g/mol. The van der Waals surface area contributed by atoms with Crippen LogP contribution in [0.2, 0.25) is 0 Å². The number of rotatable bonds is 3. The molecule has 0 saturated carbocycles. The standard InChI is InChI=1S/C13H13F3N2O2/c14-13(15,16)8-18-7-9(6-11(18)19)12(20)17-10-4-2-1-3-5-10/h1-5,9H,6-8H2,(H,17,20). The number of amides is 2. The molecule has 2 amide bonds. The van der Waals surface area contributed by atoms with E-state index in [2.05, 4.69) is 5.32 Å². The lowest BCUT2D eigenvalue weighted by atomic mass is 10.1. The van der Waals surface area contributed by atoms with Crippen LogP contribution in [0.15, 0.2) is 30.3 Å². The lowest BCUT2D eigenvalue weighted by Crippen LogP contribution is -2.36. The molecule has 1 unspecified atom stereocenters. The van der Waals surface area contributed by atoms with Crippen LogP contribution in [0.4, 0.5) is 18.9 Å². The van der Waals surface area contributed by atoms with E-state index in [0.29, 0.717) is 10.6 Å². The van der Waals surface area contributed by atoms with E-state index in [1.54, 1.807) is 30.3 Å². The molecule has 1 aromatic rings. The van der Waals surface area contributed by atoms with Gasteiger partial charge in [0.2, 0.25) is 11.8 Å². The van der Waals surface area contributed by atoms with Crippen LogP contribution in [-0.2, 0) is 9.59 Å². The van der Waals surface area contributed by atoms with Crippen LogP contribution >= 0.6 is 0 Å². The van der Waals surface area contributed by atoms with Gasteiger partial charge < -0.3 is 10.2 Å². The highest BCUT2D eigenvalue weighted by atomic mass is 19.4. The van der Waals surface area contributed by atoms with E-state index in [9.17, 15) is 22.8 Å². The van der Waals surface area contributed by atoms with Gasteiger partial charge in [-0.2, -0.15) is 13.2 Å². The van der Waals surface area contributed by atoms with Gasteiger partial charge in [-0.15, -0.1) is 0 Å². The zero-order valence-electron chi connectivity index (χ0n) is 10.5. The molecule has 0 radical (unpaired) electrons. The SMILES string of the molecule is O=C(Nc1ccccc1)C1CC(=O)N(CC(F)(F)F)C1. The number of halogens is 3. The second-order valence-corrected chi connectivity index (χ2v) is 4.65. The molecule has 0 aliphatic carbocycles. The molecule has 1 aliphatic rings. The van der Waals surface area contributed by atoms with Crippen LogP contribution in [-0.4, -0.2) is 36.0 Å². The molecule has 1 N–H and O–H groups in total. The summed E-state index contributed by atoms with van der Waals surface area (Å²) < 4.78 is 36.8. The fourth-order valence-corrected chi connectivity index (χ4v) is 2.08. The van der Waals surface area contributed by atoms with E-state index in [1.807, 2.05) is 0 Å². The Morgan fingerprint density at radius 3 is 2.55 bits per heavy atom. The molecule has 1 aliphatic heterocycles. The Kier molecular flexibility index (Phi) is 3.96. The number of benzene rings is 1. The molecule has 0 aromatic heterocycles. The number of carbonyl (C=O) groups excluding carboxylic acids is 2. The largest absolute Gasteiger partial charge is 0.406 e. The Hall–Kier alpha value is -2.05. The van der Waals surface area contributed by atoms with Gasteiger partial charge in [-0.3, -0.25) is 9.59 Å². The number of anilines is 1. The molecule has 1 fully saturated rings. The predicted octanol–water partition coefficient (Wildman–Crippen LogP) is 2.04. The monoisotopic (exact) mass is 286 g/mol. The van der Waals surface area contributed by atoms with Crippen LogP contribution in [0.5, 0.6) is 0 Å². The van der Waals surface area contributed by atoms with Crippen molar-refractivity contribution >= 4 is 17.5 Å². The fourth-order valence-electron chi connectivity index (χ4n) is 2.08. The van der Waals surface area contributed by atoms with Gasteiger partial charge >= 0.3 is 6.18 Å². The van der Waals surface area contributed by atoms with Crippen molar-refractivity contribution in [3.05, 3.63) is 30.3 Å². The molecule has 0 bridgehead atoms. The smallest absolute Gasteiger partial charge is 0.333 e. The van der Waals surface area contributed by atoms with E-state index in [1.165, 1.54) is 0 Å². The number of alkyl halides is 3. The molecule has 1 heterocycles. The summed E-state index contributed by atoms with van der Waals surface area (Å²) >= 11 is 0. The molecule has 20 heavy (non-hydrogen) atoms. The Morgan fingerprint density at radius 2 is 1.95 bits per heavy atom. The van der Waals surface area contributed by atoms with Crippen molar-refractivity contribution in [3.63, 3.8) is 0 Å². The van der Waals surface area contributed by atoms with Crippen LogP contribution in [0.25, 0.3) is 0 Å². The predicted molar refractivity (Wildman–Crippen MR) is 65.8 cm³/mol. The van der Waals surface area contributed by atoms with Crippen molar-refractivity contribution in [1.82, 2.24) is 4.90 Å². The summed E-state index contributed by atoms with van der Waals surface area (Å²) in [5.41, 5.74) is 0.555. The summed E-state index contributed by atoms with van der Waals surface area (Å²) in [7, 11) is 0. The van der Waals surface area contributed by atoms with Crippen molar-refractivity contribution < 1.29 is 22.8 Å². The average Bonchev–Trinajstić information content (AvgIpc) is 2.70. The van der Waals surface area contributed by atoms with E-state index < -0.39 is 30.5 Å². The van der Waals surface area contributed by atoms with Gasteiger partial charge in [0.25, 0.3) is 0 Å². The zero-order valence-corrected chi connectivity index (χ0v) is 10.5. The number of nitrogens with one attached hydrogen (secondary N) is 1. The summed E-state index contributed by atoms with van der Waals surface area (Å²) in [6.45, 7) is -1.50. The number of nitrogens with zero attached hydrogens (tertiary/aromatic N) is 1. The highest BCUT2D eigenvalue weighted by Gasteiger charge is 2.40. The number of para-hydroxylation sites is 1. The van der Waals surface area contributed by atoms with Gasteiger partial charge in [-0.1, -0.05) is 18.2 Å². The molecule has 108 valence electrons. The van der Waals surface area contributed by atoms with Gasteiger partial charge in [0, 0.05) is 18.7 Å². The fraction of sp³-hybridized carbons (Fsp3) is 0.385. The zero-order chi connectivity index (χ0) is 14.8. The summed E-state index contributed by atoms with van der Waals surface area (Å²) in [4.78, 5) is 24.0. The first kappa shape index (κ1) is 14.4. The summed E-state index contributed by atoms with van der Waals surface area (Å²) in [6, 6.07) is 8.57. The van der Waals surface area contributed by atoms with E-state index in [-0.39, 0.29) is 13.0 Å². The summed E-state index contributed by atoms with van der Waals surface area (Å²) in [6.07, 6.45) is -4.63. The van der Waals surface area contributed by atoms with Crippen LogP contribution < -0.4 is 5.32 Å². The maximum absolute atomic E-state index is 12.3. The molecule has 2 rings (SSSR count). The Balaban J connectivity index is 1.94. The highest BCUT2D eigenvalue weighted by Crippen LogP contribution is 2.24. The van der Waals surface area contributed by atoms with Gasteiger partial charge in [0.05, 0.1) is 5.92 Å². The third kappa shape index (κ3) is 3.72. The molecule has 0 spiro atoms. The van der Waals surface area contributed by atoms with E-state index >= 15 is 0 Å². The van der Waals surface area contributed by atoms with Crippen molar-refractivity contribution in [2.45, 2.75) is 12.6 Å². The maximum Gasteiger partial charge on any atom is 0.406 e. The molecule has 1 atom stereocenters. The summed E-state index contributed by atoms with van der Waals surface area (Å²) in [5, 5.41) is 2.59. The average molecular weight is 286 g/mol. The molecule has 1 saturated heterocycles. The number of likely N-dealkylation sites (tertiary alicyclic amines) is 1. The van der Waals surface area contributed by atoms with E-state index in [4.69, 9.17) is 0 Å². The first-order chi connectivity index (χ1) is 9.35. The quantitative estimate of drug-likeness (QED) is 0.924. The van der Waals surface area contributed by atoms with Crippen molar-refractivity contribution in [2.75, 3.05) is 18.4 Å². The second-order valence-electron chi connectivity index (χ2n) is 4.65. The normalized spacial score (nSPS) is 19.2. The van der Waals surface area contributed by atoms with Crippen LogP contribution in [0, 0.1) is 5.92 Å². The second kappa shape index (κ2) is 5.52. The number of hydrogen-bond donors (Lipinski definition) is 1. The van der Waals surface area contributed by atoms with Gasteiger partial charge in [-0.25, -0.2) is 0 Å². The number of hydrogen-bond acceptors (Lipinski definition) is 2. The maximum atomic E-state index is 12.3. The Morgan fingerprint density at radius 1 is 1.30 bits per heavy atom. The molecule has 7 heteroatoms. The third-order valence-electron chi connectivity index (χ3n) is 3.00. The molecular formula is C13H13F3N2O2. The van der Waals surface area contributed by atoms with Crippen LogP contribution in [0.3, 0.4) is 0 Å². The van der Waals surface area contributed by atoms with Gasteiger partial charge in [0.15, 0.2) is 0 Å². The molecule has 1 aromatic carbocycles. The Labute approximate surface area is 113 Å². The first-order valence-corrected chi connectivity index (χ1v) is 6.05. The Bertz CT molecular complexity index is 502. The van der Waals surface area contributed by atoms with E-state index in [0.717, 1.165) is 0 Å². The minimum absolute atomic E-state index is 0.186. The highest BCUT2D eigenvalue weighted by molar-refractivity contribution is 5.97. The number of carbonyl (C=O) groups is 2. The molecule has 4 nitrogen and oxygen atoms in total. The first-order valence-electron chi connectivity index (χ1n) is 6.05. The lowest BCUT2D eigenvalue weighted by molar-refractivity contribution is -0.157. The third-order valence-corrected chi connectivity index (χ3v) is 3.00. The van der Waals surface area contributed by atoms with Gasteiger partial charge in [-0.05, 0) is 12.1 Å². The minimum Gasteiger partial charge on any atom is -0.333 e.